The lowest BCUT2D eigenvalue weighted by Crippen LogP contribution is -2.63. The number of aliphatic hydroxyl groups is 1. The fourth-order valence-electron chi connectivity index (χ4n) is 8.65. The molecule has 0 aromatic carbocycles. The van der Waals surface area contributed by atoms with Crippen molar-refractivity contribution >= 4 is 65.0 Å². The third-order valence-corrected chi connectivity index (χ3v) is 13.3. The number of nitrogens with zero attached hydrogens (tertiary/aromatic N) is 3. The highest BCUT2D eigenvalue weighted by Crippen LogP contribution is 2.21. The Hall–Kier alpha value is -6.07. The SMILES string of the molecule is CCC[C@H](NC(=O)[C@@H](NC(=O)[C@H](NC(=O)[C@@H](NC(=O)CNC(=O)[C@@H]1CCCN1C(C)=O)C(C)C)[C@@H](C)CC)[C@@H](C)O)C(=O)N[C@H](C(=O)N[C@@H](CCCN=C(N)N)C(=O)N1CCC[C@H]1C(=O)NCC)[C@@H](C)CC. The number of nitrogens with one attached hydrogen (secondary N) is 8. The van der Waals surface area contributed by atoms with Crippen LogP contribution in [0.2, 0.25) is 0 Å². The standard InChI is InChI=1S/C48H85N13O11/c1-11-18-31(40(65)57-37(27(7)12-2)44(69)55-32(19-15-22-52-48(49)50)47(72)61-24-17-21-34(61)41(66)51-14-4)54-46(71)39(29(9)62)59-45(70)38(28(8)13-3)58-43(68)36(26(5)6)56-35(64)25-53-42(67)33-20-16-23-60(33)30(10)63/h26-29,31-34,36-39,62H,11-25H2,1-10H3,(H,51,66)(H,53,67)(H,54,71)(H,55,69)(H,56,64)(H,57,65)(H,58,68)(H,59,70)(H4,49,50,52)/t27-,28-,29+,31-,32-,33-,34-,36-,37-,38+,39-/m0/s1. The van der Waals surface area contributed by atoms with Gasteiger partial charge in [-0.1, -0.05) is 67.7 Å². The van der Waals surface area contributed by atoms with Gasteiger partial charge in [-0.05, 0) is 76.5 Å². The summed E-state index contributed by atoms with van der Waals surface area (Å²) in [6.45, 7) is 17.4. The average Bonchev–Trinajstić information content (AvgIpc) is 4.04. The van der Waals surface area contributed by atoms with Crippen molar-refractivity contribution in [2.45, 2.75) is 188 Å². The lowest BCUT2D eigenvalue weighted by Gasteiger charge is -2.32. The molecule has 2 heterocycles. The van der Waals surface area contributed by atoms with Crippen LogP contribution in [0.15, 0.2) is 4.99 Å². The van der Waals surface area contributed by atoms with Crippen LogP contribution in [-0.2, 0) is 47.9 Å². The molecule has 10 amide bonds. The number of aliphatic imine (C=N–C) groups is 1. The molecular formula is C48H85N13O11. The van der Waals surface area contributed by atoms with E-state index in [1.54, 1.807) is 48.5 Å². The maximum atomic E-state index is 14.2. The smallest absolute Gasteiger partial charge is 0.245 e. The Morgan fingerprint density at radius 3 is 1.61 bits per heavy atom. The van der Waals surface area contributed by atoms with Gasteiger partial charge in [0.05, 0.1) is 12.6 Å². The van der Waals surface area contributed by atoms with E-state index >= 15 is 0 Å². The van der Waals surface area contributed by atoms with E-state index in [0.29, 0.717) is 71.0 Å². The third kappa shape index (κ3) is 18.8. The molecule has 0 spiro atoms. The van der Waals surface area contributed by atoms with Crippen LogP contribution >= 0.6 is 0 Å². The Morgan fingerprint density at radius 2 is 1.10 bits per heavy atom. The summed E-state index contributed by atoms with van der Waals surface area (Å²) < 4.78 is 0. The quantitative estimate of drug-likeness (QED) is 0.0223. The van der Waals surface area contributed by atoms with Gasteiger partial charge >= 0.3 is 0 Å². The van der Waals surface area contributed by atoms with Gasteiger partial charge in [-0.3, -0.25) is 52.9 Å². The number of carbonyl (C=O) groups is 10. The van der Waals surface area contributed by atoms with Crippen LogP contribution in [0.5, 0.6) is 0 Å². The Kier molecular flexibility index (Phi) is 26.5. The topological polar surface area (TPSA) is 358 Å². The second-order valence-electron chi connectivity index (χ2n) is 19.3. The number of hydrogen-bond acceptors (Lipinski definition) is 12. The van der Waals surface area contributed by atoms with Crippen molar-refractivity contribution in [2.75, 3.05) is 32.7 Å². The molecule has 24 heteroatoms. The van der Waals surface area contributed by atoms with Gasteiger partial charge < -0.3 is 68.9 Å². The summed E-state index contributed by atoms with van der Waals surface area (Å²) in [4.78, 5) is 142. The molecule has 2 fully saturated rings. The second kappa shape index (κ2) is 30.7. The molecule has 72 heavy (non-hydrogen) atoms. The van der Waals surface area contributed by atoms with Crippen molar-refractivity contribution in [3.05, 3.63) is 0 Å². The number of rotatable bonds is 29. The number of likely N-dealkylation sites (tertiary alicyclic amines) is 2. The molecule has 24 nitrogen and oxygen atoms in total. The number of amides is 10. The molecular weight excluding hydrogens is 935 g/mol. The fourth-order valence-corrected chi connectivity index (χ4v) is 8.65. The summed E-state index contributed by atoms with van der Waals surface area (Å²) in [7, 11) is 0. The largest absolute Gasteiger partial charge is 0.391 e. The maximum Gasteiger partial charge on any atom is 0.245 e. The van der Waals surface area contributed by atoms with Gasteiger partial charge in [-0.15, -0.1) is 0 Å². The van der Waals surface area contributed by atoms with Crippen LogP contribution in [-0.4, -0.2) is 167 Å². The van der Waals surface area contributed by atoms with Crippen LogP contribution in [0.4, 0.5) is 0 Å². The third-order valence-electron chi connectivity index (χ3n) is 13.3. The van der Waals surface area contributed by atoms with E-state index < -0.39 is 126 Å². The Bertz CT molecular complexity index is 1910. The number of carbonyl (C=O) groups excluding carboxylic acids is 10. The molecule has 11 atom stereocenters. The molecule has 2 aliphatic rings. The predicted octanol–water partition coefficient (Wildman–Crippen LogP) is -1.87. The molecule has 0 saturated carbocycles. The van der Waals surface area contributed by atoms with Gasteiger partial charge in [-0.2, -0.15) is 0 Å². The van der Waals surface area contributed by atoms with Gasteiger partial charge in [0.25, 0.3) is 0 Å². The van der Waals surface area contributed by atoms with Crippen molar-refractivity contribution in [1.29, 1.82) is 0 Å². The average molecular weight is 1020 g/mol. The first-order valence-electron chi connectivity index (χ1n) is 25.6. The summed E-state index contributed by atoms with van der Waals surface area (Å²) in [6, 6.07) is -9.00. The highest BCUT2D eigenvalue weighted by molar-refractivity contribution is 5.98. The zero-order valence-corrected chi connectivity index (χ0v) is 44.1. The minimum Gasteiger partial charge on any atom is -0.391 e. The van der Waals surface area contributed by atoms with Crippen LogP contribution in [0.25, 0.3) is 0 Å². The molecule has 0 unspecified atom stereocenters. The molecule has 2 saturated heterocycles. The monoisotopic (exact) mass is 1020 g/mol. The summed E-state index contributed by atoms with van der Waals surface area (Å²) in [6.07, 6.45) is 2.34. The molecule has 2 rings (SSSR count). The van der Waals surface area contributed by atoms with E-state index in [1.807, 2.05) is 6.92 Å². The van der Waals surface area contributed by atoms with E-state index in [1.165, 1.54) is 23.6 Å². The summed E-state index contributed by atoms with van der Waals surface area (Å²) in [5.41, 5.74) is 11.0. The Balaban J connectivity index is 2.26. The molecule has 13 N–H and O–H groups in total. The van der Waals surface area contributed by atoms with Gasteiger partial charge in [0.15, 0.2) is 5.96 Å². The zero-order valence-electron chi connectivity index (χ0n) is 44.1. The maximum absolute atomic E-state index is 14.2. The number of likely N-dealkylation sites (N-methyl/N-ethyl adjacent to an activating group) is 1. The highest BCUT2D eigenvalue weighted by atomic mass is 16.3. The van der Waals surface area contributed by atoms with Crippen molar-refractivity contribution in [3.8, 4) is 0 Å². The van der Waals surface area contributed by atoms with Crippen molar-refractivity contribution < 1.29 is 53.1 Å². The molecule has 0 aromatic rings. The molecule has 0 bridgehead atoms. The van der Waals surface area contributed by atoms with Gasteiger partial charge in [0, 0.05) is 33.1 Å². The first kappa shape index (κ1) is 62.0. The highest BCUT2D eigenvalue weighted by Gasteiger charge is 2.40. The Morgan fingerprint density at radius 1 is 0.611 bits per heavy atom. The lowest BCUT2D eigenvalue weighted by molar-refractivity contribution is -0.142. The summed E-state index contributed by atoms with van der Waals surface area (Å²) in [5.74, 6) is -7.70. The normalized spacial score (nSPS) is 19.2. The van der Waals surface area contributed by atoms with Crippen LogP contribution in [0.1, 0.15) is 133 Å². The minimum atomic E-state index is -1.62. The first-order valence-corrected chi connectivity index (χ1v) is 25.6. The molecule has 0 aliphatic carbocycles. The number of guanidine groups is 1. The molecule has 408 valence electrons. The molecule has 2 aliphatic heterocycles. The van der Waals surface area contributed by atoms with Crippen molar-refractivity contribution in [1.82, 2.24) is 52.3 Å². The summed E-state index contributed by atoms with van der Waals surface area (Å²) >= 11 is 0. The first-order chi connectivity index (χ1) is 33.9. The van der Waals surface area contributed by atoms with Crippen molar-refractivity contribution in [3.63, 3.8) is 0 Å². The Labute approximate surface area is 424 Å². The molecule has 0 aromatic heterocycles. The zero-order chi connectivity index (χ0) is 54.4. The fraction of sp³-hybridized carbons (Fsp3) is 0.771. The van der Waals surface area contributed by atoms with E-state index in [4.69, 9.17) is 11.5 Å². The van der Waals surface area contributed by atoms with E-state index in [2.05, 4.69) is 47.5 Å². The lowest BCUT2D eigenvalue weighted by atomic mass is 9.95. The summed E-state index contributed by atoms with van der Waals surface area (Å²) in [5, 5.41) is 32.2. The molecule has 0 radical (unpaired) electrons. The number of aliphatic hydroxyl groups excluding tert-OH is 1. The number of hydrogen-bond donors (Lipinski definition) is 11. The predicted molar refractivity (Wildman–Crippen MR) is 269 cm³/mol. The van der Waals surface area contributed by atoms with Gasteiger partial charge in [0.2, 0.25) is 59.1 Å². The van der Waals surface area contributed by atoms with Crippen LogP contribution in [0, 0.1) is 17.8 Å². The number of nitrogens with two attached hydrogens (primary N) is 2. The second-order valence-corrected chi connectivity index (χ2v) is 19.3. The van der Waals surface area contributed by atoms with Gasteiger partial charge in [0.1, 0.15) is 48.3 Å². The van der Waals surface area contributed by atoms with Gasteiger partial charge in [-0.25, -0.2) is 0 Å². The van der Waals surface area contributed by atoms with E-state index in [9.17, 15) is 53.1 Å². The van der Waals surface area contributed by atoms with Crippen LogP contribution < -0.4 is 54.0 Å². The van der Waals surface area contributed by atoms with E-state index in [0.717, 1.165) is 0 Å². The van der Waals surface area contributed by atoms with Crippen LogP contribution in [0.3, 0.4) is 0 Å². The van der Waals surface area contributed by atoms with Crippen molar-refractivity contribution in [2.24, 2.45) is 34.2 Å². The minimum absolute atomic E-state index is 0.0873. The van der Waals surface area contributed by atoms with E-state index in [-0.39, 0.29) is 37.2 Å².